The molecule has 3 heteroatoms. The molecule has 76 valence electrons. The van der Waals surface area contributed by atoms with Crippen molar-refractivity contribution in [2.24, 2.45) is 5.14 Å². The van der Waals surface area contributed by atoms with Gasteiger partial charge in [-0.25, -0.2) is 0 Å². The van der Waals surface area contributed by atoms with Gasteiger partial charge >= 0.3 is 0 Å². The number of hydrogen-bond donors (Lipinski definition) is 1. The Bertz CT molecular complexity index is 471. The van der Waals surface area contributed by atoms with Gasteiger partial charge in [-0.05, 0) is 41.3 Å². The molecule has 2 aromatic carbocycles. The molecule has 0 atom stereocenters. The molecular weight excluding hydrogens is 226 g/mol. The maximum absolute atomic E-state index is 5.95. The number of benzene rings is 2. The van der Waals surface area contributed by atoms with Crippen LogP contribution in [0.2, 0.25) is 5.02 Å². The Morgan fingerprint density at radius 1 is 1.00 bits per heavy atom. The minimum atomic E-state index is 0.740. The third-order valence-corrected chi connectivity index (χ3v) is 2.99. The van der Waals surface area contributed by atoms with Crippen molar-refractivity contribution in [1.82, 2.24) is 0 Å². The Hall–Kier alpha value is -0.960. The van der Waals surface area contributed by atoms with Crippen molar-refractivity contribution in [3.63, 3.8) is 0 Å². The molecule has 0 heterocycles. The molecule has 0 radical (unpaired) electrons. The van der Waals surface area contributed by atoms with E-state index in [0.717, 1.165) is 21.0 Å². The second-order valence-corrected chi connectivity index (χ2v) is 4.24. The fourth-order valence-corrected chi connectivity index (χ4v) is 2.12. The molecule has 2 N–H and O–H groups in total. The van der Waals surface area contributed by atoms with Gasteiger partial charge in [0.25, 0.3) is 0 Å². The molecule has 0 aliphatic carbocycles. The molecule has 0 aliphatic heterocycles. The van der Waals surface area contributed by atoms with E-state index in [-0.39, 0.29) is 0 Å². The van der Waals surface area contributed by atoms with Gasteiger partial charge in [0, 0.05) is 9.92 Å². The zero-order chi connectivity index (χ0) is 10.7. The summed E-state index contributed by atoms with van der Waals surface area (Å²) in [5.74, 6) is 0. The van der Waals surface area contributed by atoms with E-state index >= 15 is 0 Å². The first-order valence-electron chi connectivity index (χ1n) is 4.53. The van der Waals surface area contributed by atoms with E-state index in [9.17, 15) is 0 Å². The highest BCUT2D eigenvalue weighted by Crippen LogP contribution is 2.29. The summed E-state index contributed by atoms with van der Waals surface area (Å²) in [4.78, 5) is 1.06. The summed E-state index contributed by atoms with van der Waals surface area (Å²) in [5.41, 5.74) is 2.21. The van der Waals surface area contributed by atoms with E-state index in [0.29, 0.717) is 0 Å². The van der Waals surface area contributed by atoms with Crippen LogP contribution in [0.4, 0.5) is 0 Å². The summed E-state index contributed by atoms with van der Waals surface area (Å²) < 4.78 is 0. The largest absolute Gasteiger partial charge is 0.274 e. The Labute approximate surface area is 98.4 Å². The van der Waals surface area contributed by atoms with Crippen molar-refractivity contribution in [1.29, 1.82) is 0 Å². The SMILES string of the molecule is NSc1ccccc1-c1cccc(Cl)c1. The summed E-state index contributed by atoms with van der Waals surface area (Å²) in [6, 6.07) is 15.8. The molecule has 2 rings (SSSR count). The van der Waals surface area contributed by atoms with Crippen LogP contribution in [0.5, 0.6) is 0 Å². The lowest BCUT2D eigenvalue weighted by atomic mass is 10.1. The molecule has 0 aliphatic rings. The van der Waals surface area contributed by atoms with Crippen LogP contribution in [0.25, 0.3) is 11.1 Å². The normalized spacial score (nSPS) is 10.3. The van der Waals surface area contributed by atoms with E-state index in [1.165, 1.54) is 11.9 Å². The molecule has 0 amide bonds. The van der Waals surface area contributed by atoms with Crippen LogP contribution in [-0.2, 0) is 0 Å². The zero-order valence-corrected chi connectivity index (χ0v) is 9.55. The molecule has 0 aromatic heterocycles. The standard InChI is InChI=1S/C12H10ClNS/c13-10-5-3-4-9(8-10)11-6-1-2-7-12(11)15-14/h1-8H,14H2. The number of hydrogen-bond acceptors (Lipinski definition) is 2. The molecule has 0 fully saturated rings. The predicted octanol–water partition coefficient (Wildman–Crippen LogP) is 3.97. The quantitative estimate of drug-likeness (QED) is 0.797. The Morgan fingerprint density at radius 2 is 1.80 bits per heavy atom. The topological polar surface area (TPSA) is 26.0 Å². The highest BCUT2D eigenvalue weighted by Gasteiger charge is 2.03. The van der Waals surface area contributed by atoms with E-state index in [4.69, 9.17) is 16.7 Å². The lowest BCUT2D eigenvalue weighted by Gasteiger charge is -2.06. The van der Waals surface area contributed by atoms with Crippen molar-refractivity contribution in [3.8, 4) is 11.1 Å². The van der Waals surface area contributed by atoms with Gasteiger partial charge in [0.15, 0.2) is 0 Å². The van der Waals surface area contributed by atoms with E-state index < -0.39 is 0 Å². The molecule has 15 heavy (non-hydrogen) atoms. The Morgan fingerprint density at radius 3 is 2.53 bits per heavy atom. The van der Waals surface area contributed by atoms with Gasteiger partial charge in [0.2, 0.25) is 0 Å². The fraction of sp³-hybridized carbons (Fsp3) is 0. The van der Waals surface area contributed by atoms with Crippen molar-refractivity contribution >= 4 is 23.5 Å². The number of nitrogens with two attached hydrogens (primary N) is 1. The summed E-state index contributed by atoms with van der Waals surface area (Å²) in [5, 5.41) is 6.35. The van der Waals surface area contributed by atoms with Gasteiger partial charge in [0.1, 0.15) is 0 Å². The first kappa shape index (κ1) is 10.6. The zero-order valence-electron chi connectivity index (χ0n) is 7.98. The van der Waals surface area contributed by atoms with Crippen LogP contribution in [0.15, 0.2) is 53.4 Å². The average Bonchev–Trinajstić information content (AvgIpc) is 2.29. The second-order valence-electron chi connectivity index (χ2n) is 3.12. The van der Waals surface area contributed by atoms with Gasteiger partial charge < -0.3 is 0 Å². The third kappa shape index (κ3) is 2.34. The molecule has 0 unspecified atom stereocenters. The smallest absolute Gasteiger partial charge is 0.0412 e. The van der Waals surface area contributed by atoms with Crippen LogP contribution in [0.3, 0.4) is 0 Å². The molecule has 0 saturated heterocycles. The monoisotopic (exact) mass is 235 g/mol. The molecule has 0 spiro atoms. The van der Waals surface area contributed by atoms with Crippen LogP contribution in [0, 0.1) is 0 Å². The van der Waals surface area contributed by atoms with Crippen LogP contribution in [-0.4, -0.2) is 0 Å². The highest BCUT2D eigenvalue weighted by atomic mass is 35.5. The van der Waals surface area contributed by atoms with Gasteiger partial charge in [0.05, 0.1) is 0 Å². The lowest BCUT2D eigenvalue weighted by molar-refractivity contribution is 1.44. The first-order valence-corrected chi connectivity index (χ1v) is 5.79. The van der Waals surface area contributed by atoms with E-state index in [2.05, 4.69) is 0 Å². The van der Waals surface area contributed by atoms with Gasteiger partial charge in [-0.1, -0.05) is 41.9 Å². The van der Waals surface area contributed by atoms with E-state index in [1.54, 1.807) is 0 Å². The summed E-state index contributed by atoms with van der Waals surface area (Å²) >= 11 is 7.21. The maximum atomic E-state index is 5.95. The van der Waals surface area contributed by atoms with Gasteiger partial charge in [-0.3, -0.25) is 5.14 Å². The van der Waals surface area contributed by atoms with Crippen molar-refractivity contribution in [2.75, 3.05) is 0 Å². The number of halogens is 1. The van der Waals surface area contributed by atoms with Crippen LogP contribution >= 0.6 is 23.5 Å². The lowest BCUT2D eigenvalue weighted by Crippen LogP contribution is -1.85. The van der Waals surface area contributed by atoms with Crippen molar-refractivity contribution in [3.05, 3.63) is 53.6 Å². The first-order chi connectivity index (χ1) is 7.31. The van der Waals surface area contributed by atoms with E-state index in [1.807, 2.05) is 48.5 Å². The Kier molecular flexibility index (Phi) is 3.31. The number of rotatable bonds is 2. The summed E-state index contributed by atoms with van der Waals surface area (Å²) in [7, 11) is 0. The predicted molar refractivity (Wildman–Crippen MR) is 66.9 cm³/mol. The highest BCUT2D eigenvalue weighted by molar-refractivity contribution is 7.97. The fourth-order valence-electron chi connectivity index (χ4n) is 1.46. The van der Waals surface area contributed by atoms with Crippen LogP contribution < -0.4 is 5.14 Å². The second kappa shape index (κ2) is 4.71. The molecule has 0 saturated carbocycles. The minimum Gasteiger partial charge on any atom is -0.274 e. The third-order valence-electron chi connectivity index (χ3n) is 2.15. The Balaban J connectivity index is 2.53. The molecular formula is C12H10ClNS. The van der Waals surface area contributed by atoms with Gasteiger partial charge in [-0.15, -0.1) is 0 Å². The molecule has 2 aromatic rings. The van der Waals surface area contributed by atoms with Gasteiger partial charge in [-0.2, -0.15) is 0 Å². The maximum Gasteiger partial charge on any atom is 0.0412 e. The summed E-state index contributed by atoms with van der Waals surface area (Å²) in [6.07, 6.45) is 0. The molecule has 0 bridgehead atoms. The minimum absolute atomic E-state index is 0.740. The summed E-state index contributed by atoms with van der Waals surface area (Å²) in [6.45, 7) is 0. The molecule has 1 nitrogen and oxygen atoms in total. The van der Waals surface area contributed by atoms with Crippen LogP contribution in [0.1, 0.15) is 0 Å². The van der Waals surface area contributed by atoms with Crippen molar-refractivity contribution in [2.45, 2.75) is 4.90 Å². The average molecular weight is 236 g/mol. The van der Waals surface area contributed by atoms with Crippen molar-refractivity contribution < 1.29 is 0 Å².